The number of nitrogens with one attached hydrogen (secondary N) is 1. The van der Waals surface area contributed by atoms with E-state index in [2.05, 4.69) is 5.32 Å². The lowest BCUT2D eigenvalue weighted by Crippen LogP contribution is -2.13. The Hall–Kier alpha value is -2.93. The molecule has 0 heterocycles. The maximum Gasteiger partial charge on any atom is 0.248 e. The minimum Gasteiger partial charge on any atom is -0.493 e. The smallest absolute Gasteiger partial charge is 0.248 e. The molecule has 0 saturated carbocycles. The Morgan fingerprint density at radius 1 is 1.19 bits per heavy atom. The predicted molar refractivity (Wildman–Crippen MR) is 108 cm³/mol. The number of rotatable bonds is 9. The number of amides is 2. The van der Waals surface area contributed by atoms with E-state index in [0.717, 1.165) is 10.5 Å². The summed E-state index contributed by atoms with van der Waals surface area (Å²) in [6.45, 7) is 2.44. The van der Waals surface area contributed by atoms with Gasteiger partial charge in [0.1, 0.15) is 0 Å². The molecule has 0 aliphatic carbocycles. The predicted octanol–water partition coefficient (Wildman–Crippen LogP) is 3.32. The Bertz CT molecular complexity index is 836. The molecule has 2 aromatic carbocycles. The Morgan fingerprint density at radius 3 is 2.67 bits per heavy atom. The van der Waals surface area contributed by atoms with Gasteiger partial charge in [0, 0.05) is 11.0 Å². The number of anilines is 1. The van der Waals surface area contributed by atoms with Crippen LogP contribution in [-0.4, -0.2) is 31.3 Å². The fraction of sp³-hybridized carbons (Fsp3) is 0.200. The molecule has 0 radical (unpaired) electrons. The lowest BCUT2D eigenvalue weighted by atomic mass is 10.2. The number of carbonyl (C=O) groups is 2. The van der Waals surface area contributed by atoms with Gasteiger partial charge >= 0.3 is 0 Å². The molecule has 0 bridgehead atoms. The Morgan fingerprint density at radius 2 is 1.96 bits per heavy atom. The summed E-state index contributed by atoms with van der Waals surface area (Å²) >= 11 is 1.28. The summed E-state index contributed by atoms with van der Waals surface area (Å²) < 4.78 is 10.8. The van der Waals surface area contributed by atoms with Gasteiger partial charge in [0.25, 0.3) is 0 Å². The van der Waals surface area contributed by atoms with Crippen molar-refractivity contribution in [2.75, 3.05) is 24.8 Å². The number of nitrogens with two attached hydrogens (primary N) is 1. The van der Waals surface area contributed by atoms with Crippen LogP contribution < -0.4 is 20.5 Å². The van der Waals surface area contributed by atoms with Crippen LogP contribution in [0.15, 0.2) is 53.4 Å². The van der Waals surface area contributed by atoms with Gasteiger partial charge in [-0.05, 0) is 42.8 Å². The van der Waals surface area contributed by atoms with Crippen molar-refractivity contribution in [3.05, 3.63) is 54.1 Å². The first-order valence-corrected chi connectivity index (χ1v) is 9.32. The molecule has 142 valence electrons. The summed E-state index contributed by atoms with van der Waals surface area (Å²) in [6, 6.07) is 12.7. The zero-order chi connectivity index (χ0) is 19.6. The van der Waals surface area contributed by atoms with E-state index in [1.807, 2.05) is 31.2 Å². The summed E-state index contributed by atoms with van der Waals surface area (Å²) in [7, 11) is 1.57. The average Bonchev–Trinajstić information content (AvgIpc) is 2.66. The molecular formula is C20H22N2O4S. The highest BCUT2D eigenvalue weighted by Gasteiger charge is 2.07. The zero-order valence-corrected chi connectivity index (χ0v) is 16.0. The van der Waals surface area contributed by atoms with Crippen LogP contribution >= 0.6 is 11.8 Å². The number of hydrogen-bond donors (Lipinski definition) is 2. The fourth-order valence-corrected chi connectivity index (χ4v) is 3.00. The number of methoxy groups -OCH3 is 1. The van der Waals surface area contributed by atoms with Gasteiger partial charge in [0.05, 0.1) is 25.2 Å². The first-order chi connectivity index (χ1) is 13.0. The second kappa shape index (κ2) is 10.3. The molecule has 0 unspecified atom stereocenters. The van der Waals surface area contributed by atoms with Gasteiger partial charge in [-0.3, -0.25) is 9.59 Å². The number of benzene rings is 2. The number of thioether (sulfide) groups is 1. The van der Waals surface area contributed by atoms with Gasteiger partial charge in [0.15, 0.2) is 11.5 Å². The molecule has 0 spiro atoms. The summed E-state index contributed by atoms with van der Waals surface area (Å²) in [5.74, 6) is 0.712. The average molecular weight is 386 g/mol. The van der Waals surface area contributed by atoms with Gasteiger partial charge in [-0.1, -0.05) is 18.2 Å². The van der Waals surface area contributed by atoms with Crippen molar-refractivity contribution in [2.45, 2.75) is 11.8 Å². The van der Waals surface area contributed by atoms with Crippen molar-refractivity contribution in [3.8, 4) is 11.5 Å². The minimum absolute atomic E-state index is 0.148. The van der Waals surface area contributed by atoms with Crippen LogP contribution in [0, 0.1) is 0 Å². The van der Waals surface area contributed by atoms with Gasteiger partial charge < -0.3 is 20.5 Å². The fourth-order valence-electron chi connectivity index (χ4n) is 2.25. The summed E-state index contributed by atoms with van der Waals surface area (Å²) in [5.41, 5.74) is 6.61. The van der Waals surface area contributed by atoms with Crippen LogP contribution in [0.25, 0.3) is 6.08 Å². The highest BCUT2D eigenvalue weighted by molar-refractivity contribution is 8.00. The molecule has 3 N–H and O–H groups in total. The van der Waals surface area contributed by atoms with Gasteiger partial charge in [-0.2, -0.15) is 0 Å². The normalized spacial score (nSPS) is 10.6. The topological polar surface area (TPSA) is 90.6 Å². The quantitative estimate of drug-likeness (QED) is 0.510. The van der Waals surface area contributed by atoms with Crippen molar-refractivity contribution in [1.29, 1.82) is 0 Å². The van der Waals surface area contributed by atoms with E-state index in [-0.39, 0.29) is 11.7 Å². The number of para-hydroxylation sites is 1. The third-order valence-electron chi connectivity index (χ3n) is 3.43. The molecule has 6 nitrogen and oxygen atoms in total. The highest BCUT2D eigenvalue weighted by Crippen LogP contribution is 2.29. The number of carbonyl (C=O) groups excluding carboxylic acids is 2. The summed E-state index contributed by atoms with van der Waals surface area (Å²) in [6.07, 6.45) is 3.12. The van der Waals surface area contributed by atoms with Crippen LogP contribution in [0.3, 0.4) is 0 Å². The zero-order valence-electron chi connectivity index (χ0n) is 15.2. The van der Waals surface area contributed by atoms with E-state index in [0.29, 0.717) is 23.8 Å². The Labute approximate surface area is 162 Å². The van der Waals surface area contributed by atoms with Crippen LogP contribution in [0.5, 0.6) is 11.5 Å². The van der Waals surface area contributed by atoms with Crippen LogP contribution in [0.4, 0.5) is 5.69 Å². The maximum absolute atomic E-state index is 12.2. The largest absolute Gasteiger partial charge is 0.493 e. The summed E-state index contributed by atoms with van der Waals surface area (Å²) in [4.78, 5) is 24.0. The SMILES string of the molecule is CCOc1ccc(/C=C/C(=O)Nc2ccccc2SCC(N)=O)cc1OC. The molecule has 0 aliphatic heterocycles. The number of hydrogen-bond acceptors (Lipinski definition) is 5. The molecular weight excluding hydrogens is 364 g/mol. The lowest BCUT2D eigenvalue weighted by molar-refractivity contribution is -0.115. The first kappa shape index (κ1) is 20.4. The lowest BCUT2D eigenvalue weighted by Gasteiger charge is -2.10. The molecule has 2 amide bonds. The Balaban J connectivity index is 2.06. The van der Waals surface area contributed by atoms with E-state index in [9.17, 15) is 9.59 Å². The van der Waals surface area contributed by atoms with E-state index in [4.69, 9.17) is 15.2 Å². The van der Waals surface area contributed by atoms with Gasteiger partial charge in [-0.15, -0.1) is 11.8 Å². The monoisotopic (exact) mass is 386 g/mol. The second-order valence-electron chi connectivity index (χ2n) is 5.42. The van der Waals surface area contributed by atoms with Crippen molar-refractivity contribution >= 4 is 35.3 Å². The summed E-state index contributed by atoms with van der Waals surface area (Å²) in [5, 5.41) is 2.81. The third kappa shape index (κ3) is 6.38. The van der Waals surface area contributed by atoms with Gasteiger partial charge in [0.2, 0.25) is 11.8 Å². The first-order valence-electron chi connectivity index (χ1n) is 8.33. The molecule has 0 aromatic heterocycles. The number of primary amides is 1. The van der Waals surface area contributed by atoms with E-state index in [1.165, 1.54) is 17.8 Å². The minimum atomic E-state index is -0.412. The van der Waals surface area contributed by atoms with Crippen LogP contribution in [0.1, 0.15) is 12.5 Å². The van der Waals surface area contributed by atoms with Crippen molar-refractivity contribution < 1.29 is 19.1 Å². The standard InChI is InChI=1S/C20H22N2O4S/c1-3-26-16-10-8-14(12-17(16)25-2)9-11-20(24)22-15-6-4-5-7-18(15)27-13-19(21)23/h4-12H,3,13H2,1-2H3,(H2,21,23)(H,22,24)/b11-9+. The molecule has 0 atom stereocenters. The molecule has 7 heteroatoms. The van der Waals surface area contributed by atoms with Gasteiger partial charge in [-0.25, -0.2) is 0 Å². The number of ether oxygens (including phenoxy) is 2. The van der Waals surface area contributed by atoms with E-state index >= 15 is 0 Å². The molecule has 0 fully saturated rings. The molecule has 0 aliphatic rings. The van der Waals surface area contributed by atoms with Crippen molar-refractivity contribution in [1.82, 2.24) is 0 Å². The van der Waals surface area contributed by atoms with Crippen LogP contribution in [0.2, 0.25) is 0 Å². The maximum atomic E-state index is 12.2. The molecule has 2 aromatic rings. The van der Waals surface area contributed by atoms with E-state index in [1.54, 1.807) is 31.4 Å². The highest BCUT2D eigenvalue weighted by atomic mass is 32.2. The molecule has 2 rings (SSSR count). The van der Waals surface area contributed by atoms with Crippen molar-refractivity contribution in [2.24, 2.45) is 5.73 Å². The molecule has 27 heavy (non-hydrogen) atoms. The third-order valence-corrected chi connectivity index (χ3v) is 4.53. The Kier molecular flexibility index (Phi) is 7.76. The van der Waals surface area contributed by atoms with E-state index < -0.39 is 5.91 Å². The van der Waals surface area contributed by atoms with Crippen LogP contribution in [-0.2, 0) is 9.59 Å². The van der Waals surface area contributed by atoms with Crippen molar-refractivity contribution in [3.63, 3.8) is 0 Å². The molecule has 0 saturated heterocycles. The second-order valence-corrected chi connectivity index (χ2v) is 6.43.